The van der Waals surface area contributed by atoms with Crippen molar-refractivity contribution in [2.75, 3.05) is 0 Å². The Kier molecular flexibility index (Phi) is 6.61. The summed E-state index contributed by atoms with van der Waals surface area (Å²) >= 11 is 0. The van der Waals surface area contributed by atoms with Crippen LogP contribution in [0.4, 0.5) is 0 Å². The van der Waals surface area contributed by atoms with Gasteiger partial charge in [-0.2, -0.15) is 10.5 Å². The molecule has 5 heteroatoms. The van der Waals surface area contributed by atoms with Gasteiger partial charge < -0.3 is 13.7 Å². The van der Waals surface area contributed by atoms with Crippen molar-refractivity contribution in [3.8, 4) is 40.3 Å². The average Bonchev–Trinajstić information content (AvgIpc) is 3.89. The summed E-state index contributed by atoms with van der Waals surface area (Å²) in [6.45, 7) is 0. The summed E-state index contributed by atoms with van der Waals surface area (Å²) < 4.78 is 6.85. The molecule has 0 aliphatic heterocycles. The lowest BCUT2D eigenvalue weighted by Crippen LogP contribution is -2.00. The zero-order valence-electron chi connectivity index (χ0n) is 29.5. The molecule has 0 N–H and O–H groups in total. The molecule has 3 heterocycles. The summed E-state index contributed by atoms with van der Waals surface area (Å²) in [7, 11) is 0. The van der Waals surface area contributed by atoms with E-state index in [1.807, 2.05) is 42.5 Å². The van der Waals surface area contributed by atoms with Gasteiger partial charge in [0.2, 0.25) is 0 Å². The molecule has 8 aromatic carbocycles. The van der Waals surface area contributed by atoms with Gasteiger partial charge in [-0.15, -0.1) is 0 Å². The van der Waals surface area contributed by atoms with Crippen LogP contribution in [0, 0.1) is 22.7 Å². The molecule has 11 rings (SSSR count). The lowest BCUT2D eigenvalue weighted by Gasteiger charge is -2.15. The number of fused-ring (bicyclic) bond motifs is 9. The second-order valence-electron chi connectivity index (χ2n) is 14.0. The molecule has 0 atom stereocenters. The predicted octanol–water partition coefficient (Wildman–Crippen LogP) is 12.4. The monoisotopic (exact) mass is 699 g/mol. The van der Waals surface area contributed by atoms with Crippen LogP contribution in [0.25, 0.3) is 93.6 Å². The number of nitrogens with zero attached hydrogens (tertiary/aromatic N) is 5. The van der Waals surface area contributed by atoms with E-state index in [1.165, 1.54) is 10.8 Å². The summed E-state index contributed by atoms with van der Waals surface area (Å²) in [6, 6.07) is 65.8. The fourth-order valence-corrected chi connectivity index (χ4v) is 8.84. The van der Waals surface area contributed by atoms with Gasteiger partial charge in [-0.3, -0.25) is 0 Å². The summed E-state index contributed by atoms with van der Waals surface area (Å²) in [5, 5.41) is 27.7. The maximum Gasteiger partial charge on any atom is 0.102 e. The fraction of sp³-hybridized carbons (Fsp3) is 0. The van der Waals surface area contributed by atoms with Crippen molar-refractivity contribution in [3.05, 3.63) is 187 Å². The van der Waals surface area contributed by atoms with Crippen molar-refractivity contribution >= 4 is 65.4 Å². The minimum atomic E-state index is 0.596. The number of benzene rings is 8. The molecular weight excluding hydrogens is 671 g/mol. The Hall–Kier alpha value is -7.86. The lowest BCUT2D eigenvalue weighted by atomic mass is 9.98. The molecule has 0 aliphatic rings. The van der Waals surface area contributed by atoms with E-state index in [0.717, 1.165) is 82.8 Å². The molecule has 0 radical (unpaired) electrons. The molecule has 55 heavy (non-hydrogen) atoms. The van der Waals surface area contributed by atoms with E-state index in [1.54, 1.807) is 0 Å². The largest absolute Gasteiger partial charge is 0.309 e. The van der Waals surface area contributed by atoms with E-state index in [2.05, 4.69) is 159 Å². The third kappa shape index (κ3) is 4.39. The second kappa shape index (κ2) is 11.8. The first-order chi connectivity index (χ1) is 27.2. The number of aromatic nitrogens is 3. The van der Waals surface area contributed by atoms with Crippen LogP contribution in [0.5, 0.6) is 0 Å². The van der Waals surface area contributed by atoms with E-state index in [4.69, 9.17) is 0 Å². The zero-order chi connectivity index (χ0) is 36.6. The lowest BCUT2D eigenvalue weighted by molar-refractivity contribution is 1.16. The van der Waals surface area contributed by atoms with Gasteiger partial charge in [0.05, 0.1) is 61.7 Å². The SMILES string of the molecule is N#Cc1ccc2c3ccccc3n(-c3cccc(-c4cccc(-n5c6ccccc6c6c(-n7c8ccccc8c8ccccc87)cccc65)c4C#N)c3)c2c1. The van der Waals surface area contributed by atoms with E-state index in [-0.39, 0.29) is 0 Å². The van der Waals surface area contributed by atoms with Crippen molar-refractivity contribution in [1.29, 1.82) is 10.5 Å². The maximum atomic E-state index is 11.0. The Morgan fingerprint density at radius 1 is 0.364 bits per heavy atom. The standard InChI is InChI=1S/C50H29N5/c51-30-32-26-27-39-38-16-1-5-19-42(38)53(49(39)28-32)34-13-9-12-33(29-34)35-18-10-23-46(41(35)31-52)55-45-22-8-4-17-40(45)50-47(24-11-25-48(50)55)54-43-20-6-2-14-36(43)37-15-3-7-21-44(37)54/h1-29H. The Labute approximate surface area is 316 Å². The molecule has 11 aromatic rings. The molecule has 0 unspecified atom stereocenters. The summed E-state index contributed by atoms with van der Waals surface area (Å²) in [4.78, 5) is 0. The highest BCUT2D eigenvalue weighted by molar-refractivity contribution is 6.16. The molecule has 254 valence electrons. The first-order valence-electron chi connectivity index (χ1n) is 18.3. The zero-order valence-corrected chi connectivity index (χ0v) is 29.5. The number of para-hydroxylation sites is 4. The van der Waals surface area contributed by atoms with Gasteiger partial charge >= 0.3 is 0 Å². The quantitative estimate of drug-likeness (QED) is 0.184. The molecule has 0 bridgehead atoms. The Morgan fingerprint density at radius 3 is 1.56 bits per heavy atom. The highest BCUT2D eigenvalue weighted by Gasteiger charge is 2.22. The van der Waals surface area contributed by atoms with E-state index >= 15 is 0 Å². The molecule has 0 spiro atoms. The first-order valence-corrected chi connectivity index (χ1v) is 18.3. The molecule has 3 aromatic heterocycles. The van der Waals surface area contributed by atoms with Crippen molar-refractivity contribution < 1.29 is 0 Å². The highest BCUT2D eigenvalue weighted by Crippen LogP contribution is 2.42. The Bertz CT molecular complexity index is 3420. The molecule has 0 saturated heterocycles. The van der Waals surface area contributed by atoms with Gasteiger partial charge in [0, 0.05) is 43.6 Å². The molecule has 0 fully saturated rings. The summed E-state index contributed by atoms with van der Waals surface area (Å²) in [6.07, 6.45) is 0. The van der Waals surface area contributed by atoms with Crippen LogP contribution in [0.1, 0.15) is 11.1 Å². The Balaban J connectivity index is 1.15. The normalized spacial score (nSPS) is 11.6. The molecular formula is C50H29N5. The van der Waals surface area contributed by atoms with Crippen molar-refractivity contribution in [1.82, 2.24) is 13.7 Å². The summed E-state index contributed by atoms with van der Waals surface area (Å²) in [5.41, 5.74) is 12.3. The van der Waals surface area contributed by atoms with Crippen LogP contribution in [-0.2, 0) is 0 Å². The molecule has 0 aliphatic carbocycles. The summed E-state index contributed by atoms with van der Waals surface area (Å²) in [5.74, 6) is 0. The van der Waals surface area contributed by atoms with Gasteiger partial charge in [-0.25, -0.2) is 0 Å². The predicted molar refractivity (Wildman–Crippen MR) is 224 cm³/mol. The van der Waals surface area contributed by atoms with Crippen LogP contribution in [-0.4, -0.2) is 13.7 Å². The molecule has 0 saturated carbocycles. The number of hydrogen-bond acceptors (Lipinski definition) is 2. The van der Waals surface area contributed by atoms with Crippen LogP contribution in [0.15, 0.2) is 176 Å². The van der Waals surface area contributed by atoms with E-state index < -0.39 is 0 Å². The number of hydrogen-bond donors (Lipinski definition) is 0. The third-order valence-corrected chi connectivity index (χ3v) is 11.1. The highest BCUT2D eigenvalue weighted by atomic mass is 15.0. The smallest absolute Gasteiger partial charge is 0.102 e. The van der Waals surface area contributed by atoms with Crippen molar-refractivity contribution in [3.63, 3.8) is 0 Å². The third-order valence-electron chi connectivity index (χ3n) is 11.1. The van der Waals surface area contributed by atoms with Crippen LogP contribution >= 0.6 is 0 Å². The van der Waals surface area contributed by atoms with Gasteiger partial charge in [0.1, 0.15) is 6.07 Å². The second-order valence-corrected chi connectivity index (χ2v) is 14.0. The van der Waals surface area contributed by atoms with Gasteiger partial charge in [-0.05, 0) is 72.3 Å². The fourth-order valence-electron chi connectivity index (χ4n) is 8.84. The van der Waals surface area contributed by atoms with E-state index in [0.29, 0.717) is 11.1 Å². The minimum Gasteiger partial charge on any atom is -0.309 e. The maximum absolute atomic E-state index is 11.0. The van der Waals surface area contributed by atoms with Crippen molar-refractivity contribution in [2.24, 2.45) is 0 Å². The first kappa shape index (κ1) is 30.7. The van der Waals surface area contributed by atoms with Gasteiger partial charge in [-0.1, -0.05) is 109 Å². The Morgan fingerprint density at radius 2 is 0.891 bits per heavy atom. The van der Waals surface area contributed by atoms with Crippen LogP contribution in [0.3, 0.4) is 0 Å². The molecule has 5 nitrogen and oxygen atoms in total. The van der Waals surface area contributed by atoms with Gasteiger partial charge in [0.15, 0.2) is 0 Å². The van der Waals surface area contributed by atoms with Gasteiger partial charge in [0.25, 0.3) is 0 Å². The number of nitriles is 2. The van der Waals surface area contributed by atoms with Crippen LogP contribution in [0.2, 0.25) is 0 Å². The van der Waals surface area contributed by atoms with Crippen LogP contribution < -0.4 is 0 Å². The van der Waals surface area contributed by atoms with E-state index in [9.17, 15) is 10.5 Å². The average molecular weight is 700 g/mol. The number of rotatable bonds is 4. The molecule has 0 amide bonds. The van der Waals surface area contributed by atoms with Crippen molar-refractivity contribution in [2.45, 2.75) is 0 Å². The topological polar surface area (TPSA) is 62.4 Å². The minimum absolute atomic E-state index is 0.596.